The SMILES string of the molecule is CCCCC(C(=O)NC(N)=O)c1ccccc1. The van der Waals surface area contributed by atoms with Crippen molar-refractivity contribution in [1.82, 2.24) is 5.32 Å². The summed E-state index contributed by atoms with van der Waals surface area (Å²) in [6.07, 6.45) is 2.67. The minimum atomic E-state index is -0.799. The molecule has 0 saturated heterocycles. The average Bonchev–Trinajstić information content (AvgIpc) is 2.30. The molecule has 1 atom stereocenters. The van der Waals surface area contributed by atoms with Crippen LogP contribution in [0, 0.1) is 0 Å². The van der Waals surface area contributed by atoms with Crippen LogP contribution in [0.2, 0.25) is 0 Å². The molecule has 0 spiro atoms. The number of unbranched alkanes of at least 4 members (excludes halogenated alkanes) is 1. The number of primary amides is 1. The van der Waals surface area contributed by atoms with E-state index >= 15 is 0 Å². The van der Waals surface area contributed by atoms with Gasteiger partial charge in [-0.2, -0.15) is 0 Å². The summed E-state index contributed by atoms with van der Waals surface area (Å²) in [5, 5.41) is 2.15. The number of carbonyl (C=O) groups is 2. The number of hydrogen-bond donors (Lipinski definition) is 2. The molecule has 3 amide bonds. The Kier molecular flexibility index (Phi) is 5.20. The van der Waals surface area contributed by atoms with Gasteiger partial charge < -0.3 is 5.73 Å². The van der Waals surface area contributed by atoms with Gasteiger partial charge in [0.2, 0.25) is 5.91 Å². The highest BCUT2D eigenvalue weighted by molar-refractivity contribution is 5.97. The van der Waals surface area contributed by atoms with Crippen molar-refractivity contribution in [3.05, 3.63) is 35.9 Å². The molecule has 0 heterocycles. The Labute approximate surface area is 101 Å². The number of carbonyl (C=O) groups excluding carboxylic acids is 2. The van der Waals surface area contributed by atoms with Crippen molar-refractivity contribution in [1.29, 1.82) is 0 Å². The Hall–Kier alpha value is -1.84. The highest BCUT2D eigenvalue weighted by Crippen LogP contribution is 2.22. The lowest BCUT2D eigenvalue weighted by Crippen LogP contribution is -2.38. The summed E-state index contributed by atoms with van der Waals surface area (Å²) in [5.74, 6) is -0.624. The van der Waals surface area contributed by atoms with Crippen LogP contribution in [0.4, 0.5) is 4.79 Å². The largest absolute Gasteiger partial charge is 0.351 e. The van der Waals surface area contributed by atoms with Gasteiger partial charge in [-0.05, 0) is 12.0 Å². The zero-order valence-electron chi connectivity index (χ0n) is 9.98. The third kappa shape index (κ3) is 4.26. The monoisotopic (exact) mass is 234 g/mol. The molecule has 0 radical (unpaired) electrons. The van der Waals surface area contributed by atoms with Crippen LogP contribution in [0.5, 0.6) is 0 Å². The molecular weight excluding hydrogens is 216 g/mol. The van der Waals surface area contributed by atoms with E-state index in [1.807, 2.05) is 30.3 Å². The van der Waals surface area contributed by atoms with E-state index < -0.39 is 6.03 Å². The second-order valence-corrected chi connectivity index (χ2v) is 3.96. The van der Waals surface area contributed by atoms with Gasteiger partial charge in [-0.1, -0.05) is 50.1 Å². The summed E-state index contributed by atoms with van der Waals surface area (Å²) >= 11 is 0. The van der Waals surface area contributed by atoms with E-state index in [4.69, 9.17) is 5.73 Å². The van der Waals surface area contributed by atoms with Gasteiger partial charge in [0.15, 0.2) is 0 Å². The number of rotatable bonds is 5. The molecule has 1 rings (SSSR count). The average molecular weight is 234 g/mol. The summed E-state index contributed by atoms with van der Waals surface area (Å²) in [6.45, 7) is 2.06. The highest BCUT2D eigenvalue weighted by atomic mass is 16.2. The van der Waals surface area contributed by atoms with Gasteiger partial charge in [0.25, 0.3) is 0 Å². The highest BCUT2D eigenvalue weighted by Gasteiger charge is 2.20. The summed E-state index contributed by atoms with van der Waals surface area (Å²) < 4.78 is 0. The fourth-order valence-corrected chi connectivity index (χ4v) is 1.75. The van der Waals surface area contributed by atoms with Crippen LogP contribution in [0.15, 0.2) is 30.3 Å². The molecule has 0 bridgehead atoms. The molecule has 4 heteroatoms. The molecule has 0 aliphatic carbocycles. The first kappa shape index (κ1) is 13.2. The van der Waals surface area contributed by atoms with Crippen LogP contribution in [-0.4, -0.2) is 11.9 Å². The normalized spacial score (nSPS) is 11.8. The molecule has 17 heavy (non-hydrogen) atoms. The summed E-state index contributed by atoms with van der Waals surface area (Å²) in [6, 6.07) is 8.64. The number of nitrogens with one attached hydrogen (secondary N) is 1. The molecule has 0 aliphatic rings. The van der Waals surface area contributed by atoms with Crippen molar-refractivity contribution in [3.8, 4) is 0 Å². The van der Waals surface area contributed by atoms with E-state index in [-0.39, 0.29) is 11.8 Å². The topological polar surface area (TPSA) is 72.2 Å². The predicted molar refractivity (Wildman–Crippen MR) is 66.4 cm³/mol. The minimum absolute atomic E-state index is 0.302. The van der Waals surface area contributed by atoms with Crippen molar-refractivity contribution in [2.24, 2.45) is 5.73 Å². The van der Waals surface area contributed by atoms with Crippen LogP contribution in [-0.2, 0) is 4.79 Å². The quantitative estimate of drug-likeness (QED) is 0.819. The minimum Gasteiger partial charge on any atom is -0.351 e. The maximum Gasteiger partial charge on any atom is 0.318 e. The lowest BCUT2D eigenvalue weighted by atomic mass is 9.93. The number of benzene rings is 1. The van der Waals surface area contributed by atoms with Crippen molar-refractivity contribution in [3.63, 3.8) is 0 Å². The zero-order chi connectivity index (χ0) is 12.7. The lowest BCUT2D eigenvalue weighted by molar-refractivity contribution is -0.121. The van der Waals surface area contributed by atoms with Crippen LogP contribution >= 0.6 is 0 Å². The van der Waals surface area contributed by atoms with Crippen molar-refractivity contribution >= 4 is 11.9 Å². The van der Waals surface area contributed by atoms with Gasteiger partial charge in [-0.25, -0.2) is 4.79 Å². The number of hydrogen-bond acceptors (Lipinski definition) is 2. The molecule has 1 unspecified atom stereocenters. The maximum absolute atomic E-state index is 11.8. The molecule has 0 fully saturated rings. The molecule has 4 nitrogen and oxygen atoms in total. The Morgan fingerprint density at radius 2 is 1.94 bits per heavy atom. The van der Waals surface area contributed by atoms with E-state index in [1.54, 1.807) is 0 Å². The third-order valence-corrected chi connectivity index (χ3v) is 2.61. The first-order valence-corrected chi connectivity index (χ1v) is 5.80. The van der Waals surface area contributed by atoms with Gasteiger partial charge in [0, 0.05) is 0 Å². The van der Waals surface area contributed by atoms with Crippen LogP contribution < -0.4 is 11.1 Å². The third-order valence-electron chi connectivity index (χ3n) is 2.61. The van der Waals surface area contributed by atoms with Gasteiger partial charge in [0.05, 0.1) is 5.92 Å². The van der Waals surface area contributed by atoms with E-state index in [0.29, 0.717) is 0 Å². The number of amides is 3. The molecule has 92 valence electrons. The van der Waals surface area contributed by atoms with Gasteiger partial charge in [0.1, 0.15) is 0 Å². The Bertz CT molecular complexity index is 376. The number of nitrogens with two attached hydrogens (primary N) is 1. The molecular formula is C13H18N2O2. The molecule has 0 aliphatic heterocycles. The second-order valence-electron chi connectivity index (χ2n) is 3.96. The standard InChI is InChI=1S/C13H18N2O2/c1-2-3-9-11(12(16)15-13(14)17)10-7-5-4-6-8-10/h4-8,11H,2-3,9H2,1H3,(H3,14,15,16,17). The van der Waals surface area contributed by atoms with E-state index in [9.17, 15) is 9.59 Å². The first-order chi connectivity index (χ1) is 8.15. The van der Waals surface area contributed by atoms with Crippen molar-refractivity contribution < 1.29 is 9.59 Å². The fourth-order valence-electron chi connectivity index (χ4n) is 1.75. The summed E-state index contributed by atoms with van der Waals surface area (Å²) in [7, 11) is 0. The smallest absolute Gasteiger partial charge is 0.318 e. The van der Waals surface area contributed by atoms with Crippen LogP contribution in [0.1, 0.15) is 37.7 Å². The summed E-state index contributed by atoms with van der Waals surface area (Å²) in [5.41, 5.74) is 5.88. The van der Waals surface area contributed by atoms with E-state index in [1.165, 1.54) is 0 Å². The summed E-state index contributed by atoms with van der Waals surface area (Å²) in [4.78, 5) is 22.6. The van der Waals surface area contributed by atoms with E-state index in [0.717, 1.165) is 24.8 Å². The van der Waals surface area contributed by atoms with E-state index in [2.05, 4.69) is 12.2 Å². The van der Waals surface area contributed by atoms with Gasteiger partial charge in [-0.3, -0.25) is 10.1 Å². The molecule has 1 aromatic rings. The van der Waals surface area contributed by atoms with Crippen LogP contribution in [0.3, 0.4) is 0 Å². The zero-order valence-corrected chi connectivity index (χ0v) is 9.98. The first-order valence-electron chi connectivity index (χ1n) is 5.80. The molecule has 1 aromatic carbocycles. The Morgan fingerprint density at radius 3 is 2.47 bits per heavy atom. The van der Waals surface area contributed by atoms with Gasteiger partial charge in [-0.15, -0.1) is 0 Å². The Balaban J connectivity index is 2.80. The Morgan fingerprint density at radius 1 is 1.29 bits per heavy atom. The van der Waals surface area contributed by atoms with Crippen molar-refractivity contribution in [2.75, 3.05) is 0 Å². The van der Waals surface area contributed by atoms with Crippen molar-refractivity contribution in [2.45, 2.75) is 32.1 Å². The molecule has 0 saturated carbocycles. The fraction of sp³-hybridized carbons (Fsp3) is 0.385. The second kappa shape index (κ2) is 6.68. The van der Waals surface area contributed by atoms with Gasteiger partial charge >= 0.3 is 6.03 Å². The van der Waals surface area contributed by atoms with Crippen LogP contribution in [0.25, 0.3) is 0 Å². The molecule has 0 aromatic heterocycles. The maximum atomic E-state index is 11.8. The predicted octanol–water partition coefficient (Wildman–Crippen LogP) is 2.16. The lowest BCUT2D eigenvalue weighted by Gasteiger charge is -2.15. The molecule has 3 N–H and O–H groups in total. The number of imide groups is 1. The number of urea groups is 1.